The Kier molecular flexibility index (Phi) is 9.36. The Balaban J connectivity index is 3.82. The lowest BCUT2D eigenvalue weighted by Gasteiger charge is -2.17. The molecular weight excluding hydrogens is 200 g/mol. The number of ether oxygens (including phenoxy) is 1. The molecule has 0 aromatic rings. The Morgan fingerprint density at radius 1 is 1.12 bits per heavy atom. The lowest BCUT2D eigenvalue weighted by Crippen LogP contribution is -2.20. The van der Waals surface area contributed by atoms with Crippen LogP contribution >= 0.6 is 0 Å². The van der Waals surface area contributed by atoms with Crippen molar-refractivity contribution in [2.75, 3.05) is 6.61 Å². The van der Waals surface area contributed by atoms with E-state index in [2.05, 4.69) is 27.7 Å². The van der Waals surface area contributed by atoms with Gasteiger partial charge in [0.1, 0.15) is 0 Å². The summed E-state index contributed by atoms with van der Waals surface area (Å²) in [4.78, 5) is 11.8. The second-order valence-corrected chi connectivity index (χ2v) is 4.73. The molecule has 0 rings (SSSR count). The standard InChI is InChI=1S/C14H28O2/c1-5-8-9-10-16-14(15)13(7-3)11-12(4)6-2/h12-13H,5-11H2,1-4H3. The average Bonchev–Trinajstić information content (AvgIpc) is 2.30. The van der Waals surface area contributed by atoms with Gasteiger partial charge in [0.2, 0.25) is 0 Å². The maximum Gasteiger partial charge on any atom is 0.308 e. The minimum absolute atomic E-state index is 0.0129. The highest BCUT2D eigenvalue weighted by Crippen LogP contribution is 2.19. The summed E-state index contributed by atoms with van der Waals surface area (Å²) in [5.41, 5.74) is 0. The van der Waals surface area contributed by atoms with Crippen LogP contribution < -0.4 is 0 Å². The molecule has 0 aliphatic rings. The molecule has 0 saturated heterocycles. The van der Waals surface area contributed by atoms with E-state index in [9.17, 15) is 4.79 Å². The van der Waals surface area contributed by atoms with Gasteiger partial charge in [0.25, 0.3) is 0 Å². The van der Waals surface area contributed by atoms with Gasteiger partial charge in [-0.2, -0.15) is 0 Å². The predicted molar refractivity (Wildman–Crippen MR) is 68.3 cm³/mol. The summed E-state index contributed by atoms with van der Waals surface area (Å²) in [7, 11) is 0. The molecule has 0 aromatic heterocycles. The lowest BCUT2D eigenvalue weighted by atomic mass is 9.92. The van der Waals surface area contributed by atoms with Crippen molar-refractivity contribution in [2.45, 2.75) is 66.2 Å². The van der Waals surface area contributed by atoms with Crippen molar-refractivity contribution < 1.29 is 9.53 Å². The third-order valence-corrected chi connectivity index (χ3v) is 3.20. The zero-order valence-electron chi connectivity index (χ0n) is 11.4. The predicted octanol–water partition coefficient (Wildman–Crippen LogP) is 4.18. The van der Waals surface area contributed by atoms with Crippen molar-refractivity contribution in [1.82, 2.24) is 0 Å². The van der Waals surface area contributed by atoms with Crippen LogP contribution in [0.3, 0.4) is 0 Å². The highest BCUT2D eigenvalue weighted by atomic mass is 16.5. The molecule has 0 bridgehead atoms. The molecule has 0 aromatic carbocycles. The van der Waals surface area contributed by atoms with Gasteiger partial charge >= 0.3 is 5.97 Å². The van der Waals surface area contributed by atoms with Gasteiger partial charge in [-0.15, -0.1) is 0 Å². The Hall–Kier alpha value is -0.530. The van der Waals surface area contributed by atoms with Crippen LogP contribution in [0.25, 0.3) is 0 Å². The zero-order valence-corrected chi connectivity index (χ0v) is 11.4. The molecule has 96 valence electrons. The molecule has 0 radical (unpaired) electrons. The Labute approximate surface area is 101 Å². The second kappa shape index (κ2) is 9.68. The summed E-state index contributed by atoms with van der Waals surface area (Å²) in [6, 6.07) is 0. The van der Waals surface area contributed by atoms with Crippen molar-refractivity contribution in [3.8, 4) is 0 Å². The Morgan fingerprint density at radius 2 is 1.81 bits per heavy atom. The van der Waals surface area contributed by atoms with E-state index >= 15 is 0 Å². The fraction of sp³-hybridized carbons (Fsp3) is 0.929. The van der Waals surface area contributed by atoms with Gasteiger partial charge in [-0.3, -0.25) is 4.79 Å². The van der Waals surface area contributed by atoms with Crippen LogP contribution in [0.4, 0.5) is 0 Å². The van der Waals surface area contributed by atoms with Crippen LogP contribution in [0, 0.1) is 11.8 Å². The van der Waals surface area contributed by atoms with Gasteiger partial charge < -0.3 is 4.74 Å². The minimum Gasteiger partial charge on any atom is -0.465 e. The molecule has 0 amide bonds. The van der Waals surface area contributed by atoms with E-state index in [-0.39, 0.29) is 11.9 Å². The lowest BCUT2D eigenvalue weighted by molar-refractivity contribution is -0.149. The van der Waals surface area contributed by atoms with Gasteiger partial charge in [-0.1, -0.05) is 47.0 Å². The maximum atomic E-state index is 11.8. The molecule has 0 spiro atoms. The third-order valence-electron chi connectivity index (χ3n) is 3.20. The molecule has 0 aliphatic heterocycles. The van der Waals surface area contributed by atoms with Crippen LogP contribution in [0.15, 0.2) is 0 Å². The highest BCUT2D eigenvalue weighted by molar-refractivity contribution is 5.72. The van der Waals surface area contributed by atoms with Gasteiger partial charge in [0, 0.05) is 0 Å². The second-order valence-electron chi connectivity index (χ2n) is 4.73. The Bertz CT molecular complexity index is 178. The van der Waals surface area contributed by atoms with Gasteiger partial charge in [-0.25, -0.2) is 0 Å². The fourth-order valence-corrected chi connectivity index (χ4v) is 1.72. The van der Waals surface area contributed by atoms with E-state index in [0.29, 0.717) is 12.5 Å². The molecule has 2 nitrogen and oxygen atoms in total. The van der Waals surface area contributed by atoms with Crippen LogP contribution in [0.1, 0.15) is 66.2 Å². The summed E-state index contributed by atoms with van der Waals surface area (Å²) >= 11 is 0. The summed E-state index contributed by atoms with van der Waals surface area (Å²) in [5, 5.41) is 0. The highest BCUT2D eigenvalue weighted by Gasteiger charge is 2.19. The number of carbonyl (C=O) groups excluding carboxylic acids is 1. The first-order valence-electron chi connectivity index (χ1n) is 6.82. The summed E-state index contributed by atoms with van der Waals surface area (Å²) < 4.78 is 5.30. The normalized spacial score (nSPS) is 14.5. The first kappa shape index (κ1) is 15.5. The average molecular weight is 228 g/mol. The minimum atomic E-state index is 0.0129. The number of rotatable bonds is 9. The molecule has 0 saturated carbocycles. The first-order chi connectivity index (χ1) is 7.65. The number of unbranched alkanes of at least 4 members (excludes halogenated alkanes) is 2. The van der Waals surface area contributed by atoms with Crippen molar-refractivity contribution >= 4 is 5.97 Å². The number of esters is 1. The van der Waals surface area contributed by atoms with E-state index in [1.165, 1.54) is 6.42 Å². The molecule has 0 N–H and O–H groups in total. The van der Waals surface area contributed by atoms with Crippen LogP contribution in [-0.4, -0.2) is 12.6 Å². The molecule has 16 heavy (non-hydrogen) atoms. The smallest absolute Gasteiger partial charge is 0.308 e. The van der Waals surface area contributed by atoms with Crippen LogP contribution in [-0.2, 0) is 9.53 Å². The molecular formula is C14H28O2. The number of hydrogen-bond acceptors (Lipinski definition) is 2. The van der Waals surface area contributed by atoms with Crippen LogP contribution in [0.2, 0.25) is 0 Å². The zero-order chi connectivity index (χ0) is 12.4. The summed E-state index contributed by atoms with van der Waals surface area (Å²) in [6.45, 7) is 9.20. The van der Waals surface area contributed by atoms with E-state index in [1.54, 1.807) is 0 Å². The van der Waals surface area contributed by atoms with Gasteiger partial charge in [0.05, 0.1) is 12.5 Å². The third kappa shape index (κ3) is 6.86. The molecule has 0 fully saturated rings. The fourth-order valence-electron chi connectivity index (χ4n) is 1.72. The first-order valence-corrected chi connectivity index (χ1v) is 6.82. The van der Waals surface area contributed by atoms with E-state index in [4.69, 9.17) is 4.74 Å². The number of hydrogen-bond donors (Lipinski definition) is 0. The quantitative estimate of drug-likeness (QED) is 0.437. The summed E-state index contributed by atoms with van der Waals surface area (Å²) in [6.07, 6.45) is 6.33. The maximum absolute atomic E-state index is 11.8. The van der Waals surface area contributed by atoms with Crippen molar-refractivity contribution in [1.29, 1.82) is 0 Å². The number of carbonyl (C=O) groups is 1. The van der Waals surface area contributed by atoms with E-state index < -0.39 is 0 Å². The largest absolute Gasteiger partial charge is 0.465 e. The van der Waals surface area contributed by atoms with Gasteiger partial charge in [-0.05, 0) is 25.2 Å². The molecule has 2 atom stereocenters. The SMILES string of the molecule is CCCCCOC(=O)C(CC)CC(C)CC. The molecule has 2 unspecified atom stereocenters. The topological polar surface area (TPSA) is 26.3 Å². The molecule has 2 heteroatoms. The van der Waals surface area contributed by atoms with E-state index in [1.807, 2.05) is 0 Å². The Morgan fingerprint density at radius 3 is 2.31 bits per heavy atom. The van der Waals surface area contributed by atoms with Crippen LogP contribution in [0.5, 0.6) is 0 Å². The van der Waals surface area contributed by atoms with E-state index in [0.717, 1.165) is 32.1 Å². The van der Waals surface area contributed by atoms with Gasteiger partial charge in [0.15, 0.2) is 0 Å². The van der Waals surface area contributed by atoms with Crippen molar-refractivity contribution in [3.63, 3.8) is 0 Å². The summed E-state index contributed by atoms with van der Waals surface area (Å²) in [5.74, 6) is 0.739. The van der Waals surface area contributed by atoms with Crippen molar-refractivity contribution in [2.24, 2.45) is 11.8 Å². The molecule has 0 heterocycles. The molecule has 0 aliphatic carbocycles. The monoisotopic (exact) mass is 228 g/mol. The van der Waals surface area contributed by atoms with Crippen molar-refractivity contribution in [3.05, 3.63) is 0 Å².